The number of benzene rings is 2. The molecule has 0 bridgehead atoms. The Morgan fingerprint density at radius 1 is 0.839 bits per heavy atom. The van der Waals surface area contributed by atoms with Crippen LogP contribution in [0.25, 0.3) is 5.57 Å². The van der Waals surface area contributed by atoms with Crippen LogP contribution in [0.4, 0.5) is 5.69 Å². The molecule has 2 aliphatic heterocycles. The third-order valence-electron chi connectivity index (χ3n) is 5.93. The topological polar surface area (TPSA) is 59.1 Å². The maximum Gasteiger partial charge on any atom is 0.282 e. The van der Waals surface area contributed by atoms with Crippen LogP contribution >= 0.6 is 0 Å². The highest BCUT2D eigenvalue weighted by atomic mass is 16.5. The van der Waals surface area contributed by atoms with Crippen LogP contribution in [0, 0.1) is 11.8 Å². The number of ether oxygens (including phenoxy) is 2. The number of carbonyl (C=O) groups excluding carboxylic acids is 2. The minimum absolute atomic E-state index is 0.294. The van der Waals surface area contributed by atoms with E-state index in [1.807, 2.05) is 30.3 Å². The van der Waals surface area contributed by atoms with Crippen molar-refractivity contribution in [3.8, 4) is 11.5 Å². The fourth-order valence-corrected chi connectivity index (χ4v) is 4.72. The molecule has 6 nitrogen and oxygen atoms in total. The van der Waals surface area contributed by atoms with Crippen LogP contribution < -0.4 is 14.4 Å². The van der Waals surface area contributed by atoms with Crippen molar-refractivity contribution in [2.24, 2.45) is 11.8 Å². The van der Waals surface area contributed by atoms with Gasteiger partial charge in [-0.15, -0.1) is 0 Å². The number of piperidine rings is 1. The quantitative estimate of drug-likeness (QED) is 0.685. The van der Waals surface area contributed by atoms with Crippen molar-refractivity contribution in [3.63, 3.8) is 0 Å². The summed E-state index contributed by atoms with van der Waals surface area (Å²) in [6.07, 6.45) is 1.12. The predicted octanol–water partition coefficient (Wildman–Crippen LogP) is 3.97. The fraction of sp³-hybridized carbons (Fsp3) is 0.360. The van der Waals surface area contributed by atoms with Crippen LogP contribution in [0.2, 0.25) is 0 Å². The van der Waals surface area contributed by atoms with Gasteiger partial charge in [-0.2, -0.15) is 0 Å². The van der Waals surface area contributed by atoms with Crippen molar-refractivity contribution in [2.45, 2.75) is 20.3 Å². The molecule has 2 atom stereocenters. The molecular weight excluding hydrogens is 392 g/mol. The van der Waals surface area contributed by atoms with Gasteiger partial charge >= 0.3 is 0 Å². The van der Waals surface area contributed by atoms with E-state index >= 15 is 0 Å². The SMILES string of the molecule is COc1ccc(N2C(=O)C(c3ccccc3)=C(N3CC(C)CC(C)C3)C2=O)cc1OC. The molecule has 2 amide bonds. The smallest absolute Gasteiger partial charge is 0.282 e. The zero-order valence-electron chi connectivity index (χ0n) is 18.4. The van der Waals surface area contributed by atoms with Crippen molar-refractivity contribution < 1.29 is 19.1 Å². The van der Waals surface area contributed by atoms with Crippen molar-refractivity contribution in [1.29, 1.82) is 0 Å². The summed E-state index contributed by atoms with van der Waals surface area (Å²) in [6.45, 7) is 5.90. The van der Waals surface area contributed by atoms with E-state index in [2.05, 4.69) is 18.7 Å². The molecular formula is C25H28N2O4. The summed E-state index contributed by atoms with van der Waals surface area (Å²) in [5, 5.41) is 0. The van der Waals surface area contributed by atoms with Gasteiger partial charge in [0.1, 0.15) is 5.70 Å². The molecule has 6 heteroatoms. The van der Waals surface area contributed by atoms with Crippen LogP contribution in [-0.2, 0) is 9.59 Å². The molecule has 2 aliphatic rings. The average molecular weight is 421 g/mol. The maximum atomic E-state index is 13.7. The Bertz CT molecular complexity index is 1020. The molecule has 2 aromatic carbocycles. The molecule has 0 aliphatic carbocycles. The summed E-state index contributed by atoms with van der Waals surface area (Å²) in [5.74, 6) is 1.30. The number of likely N-dealkylation sites (tertiary alicyclic amines) is 1. The van der Waals surface area contributed by atoms with Gasteiger partial charge in [-0.1, -0.05) is 44.2 Å². The van der Waals surface area contributed by atoms with Gasteiger partial charge in [0.05, 0.1) is 25.5 Å². The normalized spacial score (nSPS) is 21.7. The number of hydrogen-bond donors (Lipinski definition) is 0. The van der Waals surface area contributed by atoms with E-state index in [0.29, 0.717) is 40.3 Å². The highest BCUT2D eigenvalue weighted by Crippen LogP contribution is 2.39. The predicted molar refractivity (Wildman–Crippen MR) is 120 cm³/mol. The minimum Gasteiger partial charge on any atom is -0.493 e. The first-order chi connectivity index (χ1) is 14.9. The molecule has 0 radical (unpaired) electrons. The number of rotatable bonds is 5. The Morgan fingerprint density at radius 2 is 1.48 bits per heavy atom. The first kappa shape index (κ1) is 21.0. The molecule has 1 saturated heterocycles. The van der Waals surface area contributed by atoms with Crippen molar-refractivity contribution in [3.05, 3.63) is 59.8 Å². The molecule has 0 spiro atoms. The second-order valence-electron chi connectivity index (χ2n) is 8.43. The van der Waals surface area contributed by atoms with E-state index in [4.69, 9.17) is 9.47 Å². The van der Waals surface area contributed by atoms with Crippen molar-refractivity contribution in [1.82, 2.24) is 4.90 Å². The zero-order valence-corrected chi connectivity index (χ0v) is 18.4. The van der Waals surface area contributed by atoms with Crippen LogP contribution in [-0.4, -0.2) is 44.0 Å². The Morgan fingerprint density at radius 3 is 2.10 bits per heavy atom. The summed E-state index contributed by atoms with van der Waals surface area (Å²) < 4.78 is 10.7. The standard InChI is InChI=1S/C25H28N2O4/c1-16-12-17(2)15-26(14-16)23-22(18-8-6-5-7-9-18)24(28)27(25(23)29)19-10-11-20(30-3)21(13-19)31-4/h5-11,13,16-17H,12,14-15H2,1-4H3. The van der Waals surface area contributed by atoms with Crippen molar-refractivity contribution >= 4 is 23.1 Å². The van der Waals surface area contributed by atoms with Gasteiger partial charge in [-0.3, -0.25) is 9.59 Å². The summed E-state index contributed by atoms with van der Waals surface area (Å²) in [4.78, 5) is 30.7. The van der Waals surface area contributed by atoms with Gasteiger partial charge in [0, 0.05) is 19.2 Å². The number of anilines is 1. The van der Waals surface area contributed by atoms with E-state index in [0.717, 1.165) is 25.1 Å². The van der Waals surface area contributed by atoms with E-state index in [-0.39, 0.29) is 11.8 Å². The number of carbonyl (C=O) groups is 2. The summed E-state index contributed by atoms with van der Waals surface area (Å²) in [5.41, 5.74) is 2.17. The maximum absolute atomic E-state index is 13.7. The third-order valence-corrected chi connectivity index (χ3v) is 5.93. The second-order valence-corrected chi connectivity index (χ2v) is 8.43. The molecule has 2 unspecified atom stereocenters. The molecule has 0 aromatic heterocycles. The molecule has 2 aromatic rings. The van der Waals surface area contributed by atoms with Crippen LogP contribution in [0.5, 0.6) is 11.5 Å². The average Bonchev–Trinajstić information content (AvgIpc) is 3.03. The van der Waals surface area contributed by atoms with E-state index in [1.54, 1.807) is 25.3 Å². The van der Waals surface area contributed by atoms with E-state index in [9.17, 15) is 9.59 Å². The Kier molecular flexibility index (Phi) is 5.72. The summed E-state index contributed by atoms with van der Waals surface area (Å²) in [6, 6.07) is 14.5. The summed E-state index contributed by atoms with van der Waals surface area (Å²) in [7, 11) is 3.08. The first-order valence-corrected chi connectivity index (χ1v) is 10.6. The van der Waals surface area contributed by atoms with Gasteiger partial charge in [0.15, 0.2) is 11.5 Å². The van der Waals surface area contributed by atoms with Gasteiger partial charge in [0.2, 0.25) is 0 Å². The molecule has 0 saturated carbocycles. The largest absolute Gasteiger partial charge is 0.493 e. The van der Waals surface area contributed by atoms with E-state index in [1.165, 1.54) is 12.0 Å². The molecule has 2 heterocycles. The summed E-state index contributed by atoms with van der Waals surface area (Å²) >= 11 is 0. The second kappa shape index (κ2) is 8.46. The first-order valence-electron chi connectivity index (χ1n) is 10.6. The Balaban J connectivity index is 1.81. The van der Waals surface area contributed by atoms with Gasteiger partial charge < -0.3 is 14.4 Å². The van der Waals surface area contributed by atoms with Crippen LogP contribution in [0.3, 0.4) is 0 Å². The third kappa shape index (κ3) is 3.78. The number of nitrogens with zero attached hydrogens (tertiary/aromatic N) is 2. The Labute approximate surface area is 183 Å². The highest BCUT2D eigenvalue weighted by Gasteiger charge is 2.43. The number of amides is 2. The molecule has 162 valence electrons. The number of methoxy groups -OCH3 is 2. The van der Waals surface area contributed by atoms with Crippen molar-refractivity contribution in [2.75, 3.05) is 32.2 Å². The molecule has 31 heavy (non-hydrogen) atoms. The zero-order chi connectivity index (χ0) is 22.1. The van der Waals surface area contributed by atoms with Crippen LogP contribution in [0.1, 0.15) is 25.8 Å². The van der Waals surface area contributed by atoms with Crippen LogP contribution in [0.15, 0.2) is 54.2 Å². The molecule has 0 N–H and O–H groups in total. The van der Waals surface area contributed by atoms with E-state index < -0.39 is 0 Å². The lowest BCUT2D eigenvalue weighted by atomic mass is 9.91. The highest BCUT2D eigenvalue weighted by molar-refractivity contribution is 6.45. The van der Waals surface area contributed by atoms with Gasteiger partial charge in [0.25, 0.3) is 11.8 Å². The monoisotopic (exact) mass is 420 g/mol. The lowest BCUT2D eigenvalue weighted by molar-refractivity contribution is -0.120. The number of imide groups is 1. The molecule has 1 fully saturated rings. The van der Waals surface area contributed by atoms with Gasteiger partial charge in [-0.25, -0.2) is 4.90 Å². The Hall–Kier alpha value is -3.28. The lowest BCUT2D eigenvalue weighted by Gasteiger charge is -2.37. The minimum atomic E-state index is -0.315. The number of hydrogen-bond acceptors (Lipinski definition) is 5. The fourth-order valence-electron chi connectivity index (χ4n) is 4.72. The van der Waals surface area contributed by atoms with Gasteiger partial charge in [-0.05, 0) is 36.0 Å². The lowest BCUT2D eigenvalue weighted by Crippen LogP contribution is -2.42. The molecule has 4 rings (SSSR count).